The molecule has 0 aliphatic carbocycles. The van der Waals surface area contributed by atoms with Crippen molar-refractivity contribution in [2.75, 3.05) is 0 Å². The molecular weight excluding hydrogens is 261 g/mol. The van der Waals surface area contributed by atoms with Gasteiger partial charge < -0.3 is 11.1 Å². The SMILES string of the molecule is N.O=c1[nH]c(C(F)(F)F)nc2ncc(Cl)cc12. The summed E-state index contributed by atoms with van der Waals surface area (Å²) in [6.07, 6.45) is -3.59. The van der Waals surface area contributed by atoms with Crippen LogP contribution in [-0.2, 0) is 6.18 Å². The van der Waals surface area contributed by atoms with Crippen molar-refractivity contribution in [3.05, 3.63) is 33.5 Å². The molecule has 0 unspecified atom stereocenters. The van der Waals surface area contributed by atoms with E-state index in [2.05, 4.69) is 9.97 Å². The summed E-state index contributed by atoms with van der Waals surface area (Å²) in [6.45, 7) is 0. The lowest BCUT2D eigenvalue weighted by molar-refractivity contribution is -0.144. The predicted octanol–water partition coefficient (Wildman–Crippen LogP) is 2.15. The standard InChI is InChI=1S/C8H3ClF3N3O.H3N/c9-3-1-4-5(13-2-3)14-7(8(10,11)12)15-6(4)16;/h1-2H,(H,13,14,15,16);1H3. The molecule has 0 aromatic carbocycles. The summed E-state index contributed by atoms with van der Waals surface area (Å²) < 4.78 is 36.9. The maximum absolute atomic E-state index is 12.3. The van der Waals surface area contributed by atoms with Gasteiger partial charge in [0.15, 0.2) is 5.65 Å². The van der Waals surface area contributed by atoms with Crippen LogP contribution in [-0.4, -0.2) is 15.0 Å². The number of pyridine rings is 1. The molecule has 0 saturated carbocycles. The van der Waals surface area contributed by atoms with E-state index in [0.29, 0.717) is 0 Å². The van der Waals surface area contributed by atoms with Gasteiger partial charge in [-0.05, 0) is 6.07 Å². The van der Waals surface area contributed by atoms with E-state index in [4.69, 9.17) is 11.6 Å². The average Bonchev–Trinajstić information content (AvgIpc) is 2.17. The Bertz CT molecular complexity index is 610. The Labute approximate surface area is 97.2 Å². The van der Waals surface area contributed by atoms with Crippen molar-refractivity contribution < 1.29 is 13.2 Å². The molecule has 2 aromatic rings. The molecule has 2 heterocycles. The molecule has 0 atom stereocenters. The molecule has 0 radical (unpaired) electrons. The van der Waals surface area contributed by atoms with Crippen LogP contribution in [0.4, 0.5) is 13.2 Å². The molecule has 0 aliphatic heterocycles. The Kier molecular flexibility index (Phi) is 3.39. The van der Waals surface area contributed by atoms with E-state index in [1.165, 1.54) is 6.07 Å². The van der Waals surface area contributed by atoms with Crippen LogP contribution in [0.25, 0.3) is 11.0 Å². The summed E-state index contributed by atoms with van der Waals surface area (Å²) in [7, 11) is 0. The van der Waals surface area contributed by atoms with Crippen molar-refractivity contribution in [3.8, 4) is 0 Å². The number of hydrogen-bond donors (Lipinski definition) is 2. The lowest BCUT2D eigenvalue weighted by Crippen LogP contribution is -2.19. The fourth-order valence-electron chi connectivity index (χ4n) is 1.13. The van der Waals surface area contributed by atoms with Crippen LogP contribution in [0, 0.1) is 0 Å². The minimum atomic E-state index is -4.71. The molecule has 0 aliphatic rings. The number of halogens is 4. The lowest BCUT2D eigenvalue weighted by Gasteiger charge is -2.05. The van der Waals surface area contributed by atoms with Crippen molar-refractivity contribution in [2.45, 2.75) is 6.18 Å². The Balaban J connectivity index is 0.00000144. The molecule has 4 N–H and O–H groups in total. The summed E-state index contributed by atoms with van der Waals surface area (Å²) in [5.41, 5.74) is -1.21. The number of alkyl halides is 3. The number of aromatic amines is 1. The van der Waals surface area contributed by atoms with Gasteiger partial charge in [0.2, 0.25) is 5.82 Å². The molecule has 0 fully saturated rings. The van der Waals surface area contributed by atoms with Crippen molar-refractivity contribution in [1.82, 2.24) is 21.1 Å². The smallest absolute Gasteiger partial charge is 0.344 e. The van der Waals surface area contributed by atoms with Crippen LogP contribution in [0.2, 0.25) is 5.02 Å². The Morgan fingerprint density at radius 1 is 1.35 bits per heavy atom. The summed E-state index contributed by atoms with van der Waals surface area (Å²) in [5.74, 6) is -1.38. The molecule has 2 aromatic heterocycles. The highest BCUT2D eigenvalue weighted by Gasteiger charge is 2.34. The third-order valence-corrected chi connectivity index (χ3v) is 2.00. The number of hydrogen-bond acceptors (Lipinski definition) is 4. The number of aromatic nitrogens is 3. The molecule has 0 spiro atoms. The number of nitrogens with one attached hydrogen (secondary N) is 1. The molecule has 0 bridgehead atoms. The molecule has 0 amide bonds. The average molecular weight is 267 g/mol. The van der Waals surface area contributed by atoms with Gasteiger partial charge in [0.25, 0.3) is 5.56 Å². The first-order chi connectivity index (χ1) is 7.38. The summed E-state index contributed by atoms with van der Waals surface area (Å²) in [5, 5.41) is 0.0695. The molecular formula is C8H6ClF3N4O. The Hall–Kier alpha value is -1.67. The fraction of sp³-hybridized carbons (Fsp3) is 0.125. The largest absolute Gasteiger partial charge is 0.449 e. The number of H-pyrrole nitrogens is 1. The van der Waals surface area contributed by atoms with E-state index in [0.717, 1.165) is 6.20 Å². The highest BCUT2D eigenvalue weighted by Crippen LogP contribution is 2.25. The highest BCUT2D eigenvalue weighted by atomic mass is 35.5. The van der Waals surface area contributed by atoms with Gasteiger partial charge in [-0.1, -0.05) is 11.6 Å². The van der Waals surface area contributed by atoms with E-state index < -0.39 is 17.6 Å². The maximum atomic E-state index is 12.3. The second kappa shape index (κ2) is 4.30. The van der Waals surface area contributed by atoms with Gasteiger partial charge in [0.1, 0.15) is 0 Å². The van der Waals surface area contributed by atoms with Gasteiger partial charge in [-0.3, -0.25) is 4.79 Å². The van der Waals surface area contributed by atoms with E-state index in [-0.39, 0.29) is 22.2 Å². The topological polar surface area (TPSA) is 93.6 Å². The van der Waals surface area contributed by atoms with E-state index in [1.807, 2.05) is 0 Å². The number of rotatable bonds is 0. The summed E-state index contributed by atoms with van der Waals surface area (Å²) in [6, 6.07) is 1.20. The Morgan fingerprint density at radius 3 is 2.59 bits per heavy atom. The van der Waals surface area contributed by atoms with Crippen LogP contribution >= 0.6 is 11.6 Å². The molecule has 9 heteroatoms. The van der Waals surface area contributed by atoms with Crippen molar-refractivity contribution in [3.63, 3.8) is 0 Å². The van der Waals surface area contributed by atoms with Crippen LogP contribution in [0.5, 0.6) is 0 Å². The van der Waals surface area contributed by atoms with Crippen LogP contribution in [0.1, 0.15) is 5.82 Å². The number of fused-ring (bicyclic) bond motifs is 1. The first kappa shape index (κ1) is 13.4. The van der Waals surface area contributed by atoms with Crippen LogP contribution in [0.3, 0.4) is 0 Å². The van der Waals surface area contributed by atoms with Crippen molar-refractivity contribution in [1.29, 1.82) is 0 Å². The molecule has 5 nitrogen and oxygen atoms in total. The Morgan fingerprint density at radius 2 is 2.00 bits per heavy atom. The quantitative estimate of drug-likeness (QED) is 0.764. The minimum absolute atomic E-state index is 0. The van der Waals surface area contributed by atoms with E-state index in [1.54, 1.807) is 4.98 Å². The van der Waals surface area contributed by atoms with Gasteiger partial charge in [0, 0.05) is 6.20 Å². The predicted molar refractivity (Wildman–Crippen MR) is 55.2 cm³/mol. The fourth-order valence-corrected chi connectivity index (χ4v) is 1.29. The van der Waals surface area contributed by atoms with Gasteiger partial charge in [0.05, 0.1) is 10.4 Å². The summed E-state index contributed by atoms with van der Waals surface area (Å²) in [4.78, 5) is 19.7. The minimum Gasteiger partial charge on any atom is -0.344 e. The molecule has 17 heavy (non-hydrogen) atoms. The normalized spacial score (nSPS) is 11.3. The lowest BCUT2D eigenvalue weighted by atomic mass is 10.3. The van der Waals surface area contributed by atoms with Gasteiger partial charge in [-0.2, -0.15) is 13.2 Å². The number of nitrogens with zero attached hydrogens (tertiary/aromatic N) is 2. The molecule has 92 valence electrons. The zero-order valence-electron chi connectivity index (χ0n) is 8.18. The van der Waals surface area contributed by atoms with Crippen LogP contribution < -0.4 is 11.7 Å². The maximum Gasteiger partial charge on any atom is 0.449 e. The van der Waals surface area contributed by atoms with Gasteiger partial charge in [-0.15, -0.1) is 0 Å². The third-order valence-electron chi connectivity index (χ3n) is 1.80. The van der Waals surface area contributed by atoms with E-state index >= 15 is 0 Å². The second-order valence-corrected chi connectivity index (χ2v) is 3.37. The van der Waals surface area contributed by atoms with Gasteiger partial charge in [-0.25, -0.2) is 9.97 Å². The van der Waals surface area contributed by atoms with Crippen LogP contribution in [0.15, 0.2) is 17.1 Å². The first-order valence-corrected chi connectivity index (χ1v) is 4.38. The molecule has 2 rings (SSSR count). The van der Waals surface area contributed by atoms with Crippen molar-refractivity contribution >= 4 is 22.6 Å². The second-order valence-electron chi connectivity index (χ2n) is 2.94. The third kappa shape index (κ3) is 2.53. The molecule has 0 saturated heterocycles. The van der Waals surface area contributed by atoms with Gasteiger partial charge >= 0.3 is 6.18 Å². The van der Waals surface area contributed by atoms with Crippen molar-refractivity contribution in [2.24, 2.45) is 0 Å². The monoisotopic (exact) mass is 266 g/mol. The first-order valence-electron chi connectivity index (χ1n) is 4.01. The zero-order valence-corrected chi connectivity index (χ0v) is 8.93. The zero-order chi connectivity index (χ0) is 11.9. The summed E-state index contributed by atoms with van der Waals surface area (Å²) >= 11 is 5.56. The highest BCUT2D eigenvalue weighted by molar-refractivity contribution is 6.31. The van der Waals surface area contributed by atoms with E-state index in [9.17, 15) is 18.0 Å².